The Labute approximate surface area is 80.3 Å². The summed E-state index contributed by atoms with van der Waals surface area (Å²) in [7, 11) is 0. The van der Waals surface area contributed by atoms with Crippen molar-refractivity contribution in [3.63, 3.8) is 0 Å². The number of hydrogen-bond acceptors (Lipinski definition) is 1. The molecule has 0 saturated carbocycles. The average molecular weight is 175 g/mol. The SMILES string of the molecule is C=CCc1ccc(CC(C)N)cc1. The van der Waals surface area contributed by atoms with E-state index in [-0.39, 0.29) is 6.04 Å². The van der Waals surface area contributed by atoms with Gasteiger partial charge in [0.1, 0.15) is 0 Å². The van der Waals surface area contributed by atoms with Crippen molar-refractivity contribution in [3.8, 4) is 0 Å². The van der Waals surface area contributed by atoms with E-state index in [2.05, 4.69) is 30.8 Å². The van der Waals surface area contributed by atoms with E-state index in [1.165, 1.54) is 11.1 Å². The molecule has 1 atom stereocenters. The van der Waals surface area contributed by atoms with Crippen LogP contribution in [0.15, 0.2) is 36.9 Å². The summed E-state index contributed by atoms with van der Waals surface area (Å²) in [6, 6.07) is 8.80. The topological polar surface area (TPSA) is 26.0 Å². The number of nitrogens with two attached hydrogens (primary N) is 1. The van der Waals surface area contributed by atoms with Crippen LogP contribution in [0.2, 0.25) is 0 Å². The van der Waals surface area contributed by atoms with Crippen LogP contribution in [0.25, 0.3) is 0 Å². The normalized spacial score (nSPS) is 12.5. The molecule has 0 aliphatic rings. The standard InChI is InChI=1S/C12H17N/c1-3-4-11-5-7-12(8-6-11)9-10(2)13/h3,5-8,10H,1,4,9,13H2,2H3. The summed E-state index contributed by atoms with van der Waals surface area (Å²) in [4.78, 5) is 0. The van der Waals surface area contributed by atoms with E-state index in [1.807, 2.05) is 13.0 Å². The lowest BCUT2D eigenvalue weighted by atomic mass is 10.0. The Hall–Kier alpha value is -1.08. The third-order valence-corrected chi connectivity index (χ3v) is 1.96. The zero-order chi connectivity index (χ0) is 9.68. The minimum atomic E-state index is 0.241. The smallest absolute Gasteiger partial charge is 0.00509 e. The van der Waals surface area contributed by atoms with E-state index >= 15 is 0 Å². The lowest BCUT2D eigenvalue weighted by molar-refractivity contribution is 0.738. The highest BCUT2D eigenvalue weighted by Gasteiger charge is 1.97. The van der Waals surface area contributed by atoms with Crippen molar-refractivity contribution in [3.05, 3.63) is 48.0 Å². The second-order valence-electron chi connectivity index (χ2n) is 3.49. The van der Waals surface area contributed by atoms with E-state index in [0.29, 0.717) is 0 Å². The van der Waals surface area contributed by atoms with Gasteiger partial charge in [0, 0.05) is 6.04 Å². The van der Waals surface area contributed by atoms with Crippen molar-refractivity contribution in [1.82, 2.24) is 0 Å². The van der Waals surface area contributed by atoms with Gasteiger partial charge in [-0.2, -0.15) is 0 Å². The number of benzene rings is 1. The molecule has 1 heteroatoms. The van der Waals surface area contributed by atoms with Gasteiger partial charge in [-0.05, 0) is 30.9 Å². The lowest BCUT2D eigenvalue weighted by Crippen LogP contribution is -2.17. The molecular formula is C12H17N. The molecule has 2 N–H and O–H groups in total. The second-order valence-corrected chi connectivity index (χ2v) is 3.49. The quantitative estimate of drug-likeness (QED) is 0.698. The molecule has 1 rings (SSSR count). The molecule has 70 valence electrons. The van der Waals surface area contributed by atoms with Crippen LogP contribution in [-0.4, -0.2) is 6.04 Å². The molecule has 0 amide bonds. The summed E-state index contributed by atoms with van der Waals surface area (Å²) in [6.07, 6.45) is 3.81. The summed E-state index contributed by atoms with van der Waals surface area (Å²) >= 11 is 0. The van der Waals surface area contributed by atoms with Gasteiger partial charge < -0.3 is 5.73 Å². The Kier molecular flexibility index (Phi) is 3.71. The number of hydrogen-bond donors (Lipinski definition) is 1. The first kappa shape index (κ1) is 10.0. The Balaban J connectivity index is 2.63. The van der Waals surface area contributed by atoms with Crippen LogP contribution < -0.4 is 5.73 Å². The van der Waals surface area contributed by atoms with Crippen molar-refractivity contribution < 1.29 is 0 Å². The van der Waals surface area contributed by atoms with Crippen molar-refractivity contribution >= 4 is 0 Å². The first-order chi connectivity index (χ1) is 6.22. The monoisotopic (exact) mass is 175 g/mol. The van der Waals surface area contributed by atoms with Crippen molar-refractivity contribution in [2.75, 3.05) is 0 Å². The zero-order valence-corrected chi connectivity index (χ0v) is 8.16. The predicted molar refractivity (Wildman–Crippen MR) is 57.7 cm³/mol. The minimum Gasteiger partial charge on any atom is -0.328 e. The molecule has 0 saturated heterocycles. The zero-order valence-electron chi connectivity index (χ0n) is 8.16. The average Bonchev–Trinajstić information content (AvgIpc) is 2.08. The molecule has 0 spiro atoms. The number of rotatable bonds is 4. The summed E-state index contributed by atoms with van der Waals surface area (Å²) in [5, 5.41) is 0. The van der Waals surface area contributed by atoms with Gasteiger partial charge in [0.25, 0.3) is 0 Å². The second kappa shape index (κ2) is 4.83. The highest BCUT2D eigenvalue weighted by atomic mass is 14.6. The molecule has 1 aromatic carbocycles. The fourth-order valence-electron chi connectivity index (χ4n) is 1.35. The Bertz CT molecular complexity index is 259. The summed E-state index contributed by atoms with van der Waals surface area (Å²) in [5.41, 5.74) is 8.32. The molecule has 0 aliphatic carbocycles. The van der Waals surface area contributed by atoms with Crippen molar-refractivity contribution in [2.24, 2.45) is 5.73 Å². The van der Waals surface area contributed by atoms with Crippen LogP contribution in [-0.2, 0) is 12.8 Å². The van der Waals surface area contributed by atoms with E-state index in [1.54, 1.807) is 0 Å². The predicted octanol–water partition coefficient (Wildman–Crippen LogP) is 2.30. The van der Waals surface area contributed by atoms with E-state index in [4.69, 9.17) is 5.73 Å². The maximum atomic E-state index is 5.70. The fourth-order valence-corrected chi connectivity index (χ4v) is 1.35. The molecule has 0 fully saturated rings. The van der Waals surface area contributed by atoms with Crippen LogP contribution in [0.5, 0.6) is 0 Å². The first-order valence-corrected chi connectivity index (χ1v) is 4.66. The third kappa shape index (κ3) is 3.43. The largest absolute Gasteiger partial charge is 0.328 e. The molecule has 0 aliphatic heterocycles. The van der Waals surface area contributed by atoms with Crippen LogP contribution in [0.4, 0.5) is 0 Å². The first-order valence-electron chi connectivity index (χ1n) is 4.66. The summed E-state index contributed by atoms with van der Waals surface area (Å²) in [5.74, 6) is 0. The van der Waals surface area contributed by atoms with Gasteiger partial charge in [0.05, 0.1) is 0 Å². The Morgan fingerprint density at radius 3 is 2.31 bits per heavy atom. The fraction of sp³-hybridized carbons (Fsp3) is 0.333. The Morgan fingerprint density at radius 2 is 1.85 bits per heavy atom. The van der Waals surface area contributed by atoms with Gasteiger partial charge in [0.15, 0.2) is 0 Å². The summed E-state index contributed by atoms with van der Waals surface area (Å²) < 4.78 is 0. The van der Waals surface area contributed by atoms with Crippen molar-refractivity contribution in [1.29, 1.82) is 0 Å². The van der Waals surface area contributed by atoms with E-state index in [9.17, 15) is 0 Å². The molecule has 1 unspecified atom stereocenters. The van der Waals surface area contributed by atoms with Gasteiger partial charge in [0.2, 0.25) is 0 Å². The third-order valence-electron chi connectivity index (χ3n) is 1.96. The highest BCUT2D eigenvalue weighted by Crippen LogP contribution is 2.07. The molecule has 0 radical (unpaired) electrons. The van der Waals surface area contributed by atoms with E-state index in [0.717, 1.165) is 12.8 Å². The molecular weight excluding hydrogens is 158 g/mol. The maximum Gasteiger partial charge on any atom is 0.00509 e. The Morgan fingerprint density at radius 1 is 1.31 bits per heavy atom. The highest BCUT2D eigenvalue weighted by molar-refractivity contribution is 5.24. The molecule has 1 nitrogen and oxygen atoms in total. The molecule has 0 heterocycles. The van der Waals surface area contributed by atoms with Gasteiger partial charge in [-0.3, -0.25) is 0 Å². The molecule has 1 aromatic rings. The van der Waals surface area contributed by atoms with Crippen LogP contribution >= 0.6 is 0 Å². The lowest BCUT2D eigenvalue weighted by Gasteiger charge is -2.05. The molecule has 0 bridgehead atoms. The van der Waals surface area contributed by atoms with Gasteiger partial charge in [-0.1, -0.05) is 30.3 Å². The van der Waals surface area contributed by atoms with Crippen LogP contribution in [0.3, 0.4) is 0 Å². The number of allylic oxidation sites excluding steroid dienone is 1. The summed E-state index contributed by atoms with van der Waals surface area (Å²) in [6.45, 7) is 5.73. The van der Waals surface area contributed by atoms with E-state index < -0.39 is 0 Å². The maximum absolute atomic E-state index is 5.70. The minimum absolute atomic E-state index is 0.241. The van der Waals surface area contributed by atoms with Gasteiger partial charge in [-0.15, -0.1) is 6.58 Å². The molecule has 0 aromatic heterocycles. The van der Waals surface area contributed by atoms with Crippen LogP contribution in [0.1, 0.15) is 18.1 Å². The van der Waals surface area contributed by atoms with Crippen LogP contribution in [0, 0.1) is 0 Å². The van der Waals surface area contributed by atoms with Gasteiger partial charge in [-0.25, -0.2) is 0 Å². The molecule has 13 heavy (non-hydrogen) atoms. The van der Waals surface area contributed by atoms with Crippen molar-refractivity contribution in [2.45, 2.75) is 25.8 Å². The van der Waals surface area contributed by atoms with Gasteiger partial charge >= 0.3 is 0 Å².